The number of esters is 1. The van der Waals surface area contributed by atoms with Crippen molar-refractivity contribution < 1.29 is 18.8 Å². The van der Waals surface area contributed by atoms with Crippen LogP contribution in [-0.2, 0) is 31.8 Å². The lowest BCUT2D eigenvalue weighted by Crippen LogP contribution is -2.41. The minimum atomic E-state index is -0.456. The van der Waals surface area contributed by atoms with Crippen molar-refractivity contribution in [1.29, 1.82) is 0 Å². The fourth-order valence-electron chi connectivity index (χ4n) is 4.51. The van der Waals surface area contributed by atoms with E-state index in [0.717, 1.165) is 32.3 Å². The van der Waals surface area contributed by atoms with Crippen LogP contribution in [0.5, 0.6) is 0 Å². The first-order chi connectivity index (χ1) is 16.6. The summed E-state index contributed by atoms with van der Waals surface area (Å²) in [5, 5.41) is 5.07. The van der Waals surface area contributed by atoms with Gasteiger partial charge in [0.15, 0.2) is 0 Å². The summed E-state index contributed by atoms with van der Waals surface area (Å²) in [6.45, 7) is 11.1. The summed E-state index contributed by atoms with van der Waals surface area (Å²) in [4.78, 5) is 12.3. The highest BCUT2D eigenvalue weighted by Crippen LogP contribution is 2.37. The molecular formula is C27H29BClNO4S. The van der Waals surface area contributed by atoms with E-state index in [1.165, 1.54) is 10.3 Å². The van der Waals surface area contributed by atoms with Crippen molar-refractivity contribution in [3.63, 3.8) is 0 Å². The van der Waals surface area contributed by atoms with Crippen molar-refractivity contribution in [2.45, 2.75) is 58.8 Å². The van der Waals surface area contributed by atoms with E-state index < -0.39 is 18.3 Å². The lowest BCUT2D eigenvalue weighted by molar-refractivity contribution is -0.142. The lowest BCUT2D eigenvalue weighted by Gasteiger charge is -2.32. The van der Waals surface area contributed by atoms with E-state index in [1.54, 1.807) is 11.3 Å². The van der Waals surface area contributed by atoms with E-state index in [9.17, 15) is 4.79 Å². The van der Waals surface area contributed by atoms with Crippen LogP contribution < -0.4 is 5.46 Å². The summed E-state index contributed by atoms with van der Waals surface area (Å²) in [5.41, 5.74) is 3.27. The number of nitrogens with zero attached hydrogens (tertiary/aromatic N) is 1. The van der Waals surface area contributed by atoms with Gasteiger partial charge in [-0.15, -0.1) is 11.3 Å². The third-order valence-corrected chi connectivity index (χ3v) is 8.36. The van der Waals surface area contributed by atoms with Crippen molar-refractivity contribution >= 4 is 62.5 Å². The first kappa shape index (κ1) is 24.4. The molecule has 0 amide bonds. The van der Waals surface area contributed by atoms with Crippen molar-refractivity contribution in [2.75, 3.05) is 6.61 Å². The molecule has 2 aromatic heterocycles. The minimum absolute atomic E-state index is 0.226. The molecule has 3 heterocycles. The number of ether oxygens (including phenoxy) is 1. The topological polar surface area (TPSA) is 49.7 Å². The Morgan fingerprint density at radius 2 is 1.80 bits per heavy atom. The molecule has 0 bridgehead atoms. The third-order valence-electron chi connectivity index (χ3n) is 7.11. The van der Waals surface area contributed by atoms with Crippen LogP contribution in [0.4, 0.5) is 0 Å². The molecule has 0 atom stereocenters. The molecule has 35 heavy (non-hydrogen) atoms. The number of carbonyl (C=O) groups is 1. The Bertz CT molecular complexity index is 1410. The molecule has 0 spiro atoms. The molecule has 0 radical (unpaired) electrons. The fourth-order valence-corrected chi connectivity index (χ4v) is 5.62. The first-order valence-corrected chi connectivity index (χ1v) is 13.1. The molecular weight excluding hydrogens is 481 g/mol. The van der Waals surface area contributed by atoms with E-state index >= 15 is 0 Å². The largest absolute Gasteiger partial charge is 0.494 e. The van der Waals surface area contributed by atoms with Crippen LogP contribution in [-0.4, -0.2) is 35.5 Å². The number of hydrogen-bond donors (Lipinski definition) is 0. The van der Waals surface area contributed by atoms with Crippen LogP contribution in [0.2, 0.25) is 5.02 Å². The molecule has 8 heteroatoms. The zero-order valence-electron chi connectivity index (χ0n) is 20.7. The van der Waals surface area contributed by atoms with Crippen molar-refractivity contribution in [3.8, 4) is 0 Å². The predicted octanol–water partition coefficient (Wildman–Crippen LogP) is 5.96. The molecule has 1 fully saturated rings. The van der Waals surface area contributed by atoms with Crippen LogP contribution in [0, 0.1) is 0 Å². The summed E-state index contributed by atoms with van der Waals surface area (Å²) in [6, 6.07) is 12.2. The Hall–Kier alpha value is -2.32. The number of carbonyl (C=O) groups excluding carboxylic acids is 1. The Balaban J connectivity index is 1.57. The SMILES string of the molecule is CCOC(=O)Cc1cn(Cc2csc3ccc(Cl)cc23)c2cc(B3OC(C)(C)C(C)(C)O3)ccc12. The number of aromatic nitrogens is 1. The third kappa shape index (κ3) is 4.51. The number of thiophene rings is 1. The van der Waals surface area contributed by atoms with Gasteiger partial charge < -0.3 is 18.6 Å². The van der Waals surface area contributed by atoms with Crippen LogP contribution in [0.3, 0.4) is 0 Å². The number of benzene rings is 2. The fraction of sp³-hybridized carbons (Fsp3) is 0.370. The average Bonchev–Trinajstić information content (AvgIpc) is 3.40. The Kier molecular flexibility index (Phi) is 6.25. The maximum absolute atomic E-state index is 12.3. The predicted molar refractivity (Wildman–Crippen MR) is 144 cm³/mol. The molecule has 182 valence electrons. The van der Waals surface area contributed by atoms with Gasteiger partial charge in [0, 0.05) is 33.4 Å². The minimum Gasteiger partial charge on any atom is -0.466 e. The van der Waals surface area contributed by atoms with Crippen LogP contribution in [0.1, 0.15) is 45.7 Å². The van der Waals surface area contributed by atoms with Crippen molar-refractivity contribution in [3.05, 3.63) is 64.1 Å². The zero-order chi connectivity index (χ0) is 25.0. The second kappa shape index (κ2) is 8.97. The lowest BCUT2D eigenvalue weighted by atomic mass is 9.78. The van der Waals surface area contributed by atoms with E-state index in [4.69, 9.17) is 25.6 Å². The maximum Gasteiger partial charge on any atom is 0.494 e. The van der Waals surface area contributed by atoms with Gasteiger partial charge in [0.05, 0.1) is 24.2 Å². The van der Waals surface area contributed by atoms with Gasteiger partial charge >= 0.3 is 13.1 Å². The molecule has 0 aliphatic carbocycles. The highest BCUT2D eigenvalue weighted by atomic mass is 35.5. The number of hydrogen-bond acceptors (Lipinski definition) is 5. The van der Waals surface area contributed by atoms with Gasteiger partial charge in [-0.05, 0) is 86.2 Å². The monoisotopic (exact) mass is 509 g/mol. The van der Waals surface area contributed by atoms with Crippen molar-refractivity contribution in [2.24, 2.45) is 0 Å². The molecule has 5 nitrogen and oxygen atoms in total. The Morgan fingerprint density at radius 3 is 2.51 bits per heavy atom. The highest BCUT2D eigenvalue weighted by Gasteiger charge is 2.51. The first-order valence-electron chi connectivity index (χ1n) is 11.9. The number of fused-ring (bicyclic) bond motifs is 2. The molecule has 1 aliphatic rings. The molecule has 5 rings (SSSR count). The van der Waals surface area contributed by atoms with Gasteiger partial charge in [-0.3, -0.25) is 4.79 Å². The van der Waals surface area contributed by atoms with Crippen molar-refractivity contribution in [1.82, 2.24) is 4.57 Å². The molecule has 0 unspecified atom stereocenters. The standard InChI is InChI=1S/C27H29BClNO4S/c1-6-32-25(31)11-17-14-30(15-18-16-35-24-10-8-20(29)13-22(18)24)23-12-19(7-9-21(17)23)28-33-26(2,3)27(4,5)34-28/h7-10,12-14,16H,6,11,15H2,1-5H3. The Morgan fingerprint density at radius 1 is 1.06 bits per heavy atom. The molecule has 0 N–H and O–H groups in total. The maximum atomic E-state index is 12.3. The average molecular weight is 510 g/mol. The van der Waals surface area contributed by atoms with Gasteiger partial charge in [0.2, 0.25) is 0 Å². The smallest absolute Gasteiger partial charge is 0.466 e. The number of rotatable bonds is 6. The molecule has 0 saturated carbocycles. The Labute approximate surface area is 215 Å². The quantitative estimate of drug-likeness (QED) is 0.238. The van der Waals surface area contributed by atoms with Gasteiger partial charge in [0.1, 0.15) is 0 Å². The van der Waals surface area contributed by atoms with Gasteiger partial charge in [-0.1, -0.05) is 23.7 Å². The van der Waals surface area contributed by atoms with Gasteiger partial charge in [0.25, 0.3) is 0 Å². The van der Waals surface area contributed by atoms with E-state index in [-0.39, 0.29) is 12.4 Å². The highest BCUT2D eigenvalue weighted by molar-refractivity contribution is 7.17. The van der Waals surface area contributed by atoms with Crippen LogP contribution in [0.25, 0.3) is 21.0 Å². The zero-order valence-corrected chi connectivity index (χ0v) is 22.3. The van der Waals surface area contributed by atoms with E-state index in [1.807, 2.05) is 25.1 Å². The van der Waals surface area contributed by atoms with Crippen LogP contribution >= 0.6 is 22.9 Å². The summed E-state index contributed by atoms with van der Waals surface area (Å²) in [5.74, 6) is -0.227. The van der Waals surface area contributed by atoms with Gasteiger partial charge in [-0.25, -0.2) is 0 Å². The summed E-state index contributed by atoms with van der Waals surface area (Å²) >= 11 is 8.00. The summed E-state index contributed by atoms with van der Waals surface area (Å²) < 4.78 is 21.2. The molecule has 1 saturated heterocycles. The van der Waals surface area contributed by atoms with Crippen LogP contribution in [0.15, 0.2) is 48.0 Å². The summed E-state index contributed by atoms with van der Waals surface area (Å²) in [6.07, 6.45) is 2.28. The molecule has 4 aromatic rings. The number of halogens is 1. The van der Waals surface area contributed by atoms with E-state index in [2.05, 4.69) is 62.0 Å². The molecule has 1 aliphatic heterocycles. The van der Waals surface area contributed by atoms with E-state index in [0.29, 0.717) is 13.2 Å². The summed E-state index contributed by atoms with van der Waals surface area (Å²) in [7, 11) is -0.456. The normalized spacial score (nSPS) is 16.9. The molecule has 2 aromatic carbocycles. The second-order valence-electron chi connectivity index (χ2n) is 10.0. The second-order valence-corrected chi connectivity index (χ2v) is 11.4. The van der Waals surface area contributed by atoms with Gasteiger partial charge in [-0.2, -0.15) is 0 Å².